The molecule has 2 N–H and O–H groups in total. The minimum absolute atomic E-state index is 0.0260. The van der Waals surface area contributed by atoms with Crippen LogP contribution in [0.5, 0.6) is 0 Å². The number of carbonyl (C=O) groups is 3. The lowest BCUT2D eigenvalue weighted by Gasteiger charge is -2.35. The first-order valence-electron chi connectivity index (χ1n) is 12.3. The molecule has 2 aromatic rings. The molecule has 4 rings (SSSR count). The summed E-state index contributed by atoms with van der Waals surface area (Å²) in [5, 5.41) is 17.1. The van der Waals surface area contributed by atoms with Crippen LogP contribution in [0.15, 0.2) is 35.1 Å². The first kappa shape index (κ1) is 30.9. The lowest BCUT2D eigenvalue weighted by atomic mass is 10.1. The number of likely N-dealkylation sites (tertiary alicyclic amines) is 1. The molecular weight excluding hydrogens is 641 g/mol. The molecule has 2 fully saturated rings. The Morgan fingerprint density at radius 2 is 1.88 bits per heavy atom. The number of aromatic nitrogens is 1. The molecule has 0 aliphatic carbocycles. The van der Waals surface area contributed by atoms with E-state index in [0.717, 1.165) is 21.9 Å². The Morgan fingerprint density at radius 3 is 2.50 bits per heavy atom. The van der Waals surface area contributed by atoms with Crippen LogP contribution in [0.3, 0.4) is 0 Å². The zero-order valence-electron chi connectivity index (χ0n) is 21.8. The van der Waals surface area contributed by atoms with Crippen molar-refractivity contribution in [1.29, 1.82) is 0 Å². The third-order valence-electron chi connectivity index (χ3n) is 6.68. The number of pyridine rings is 1. The van der Waals surface area contributed by atoms with E-state index in [2.05, 4.69) is 31.5 Å². The molecule has 0 saturated carbocycles. The molecule has 0 bridgehead atoms. The zero-order valence-corrected chi connectivity index (χ0v) is 23.3. The molecule has 1 atom stereocenters. The van der Waals surface area contributed by atoms with Crippen LogP contribution in [0.1, 0.15) is 20.7 Å². The third kappa shape index (κ3) is 6.69. The van der Waals surface area contributed by atoms with Gasteiger partial charge in [0, 0.05) is 49.6 Å². The van der Waals surface area contributed by atoms with Crippen molar-refractivity contribution < 1.29 is 41.3 Å². The fourth-order valence-electron chi connectivity index (χ4n) is 4.63. The van der Waals surface area contributed by atoms with E-state index in [1.54, 1.807) is 7.05 Å². The molecule has 0 radical (unpaired) electrons. The molecule has 42 heavy (non-hydrogen) atoms. The van der Waals surface area contributed by atoms with Crippen LogP contribution in [0.2, 0.25) is 0 Å². The number of halogens is 6. The van der Waals surface area contributed by atoms with Crippen molar-refractivity contribution in [2.75, 3.05) is 56.9 Å². The Balaban J connectivity index is 1.61. The maximum Gasteiger partial charge on any atom is 0.406 e. The first-order chi connectivity index (χ1) is 19.6. The van der Waals surface area contributed by atoms with E-state index in [9.17, 15) is 37.7 Å². The van der Waals surface area contributed by atoms with E-state index >= 15 is 8.78 Å². The SMILES string of the molecule is CNc1cncc(C(=O)N2C[C@H](Nc3c(C(=O)N4CCN(CC(F)(F)F)C(=O)C4)cc(Br)cc3[N+](=O)[O-])C(F)(F)C2)c1. The highest BCUT2D eigenvalue weighted by Crippen LogP contribution is 2.38. The number of amides is 3. The predicted molar refractivity (Wildman–Crippen MR) is 141 cm³/mol. The second-order valence-electron chi connectivity index (χ2n) is 9.62. The smallest absolute Gasteiger partial charge is 0.387 e. The molecule has 18 heteroatoms. The zero-order chi connectivity index (χ0) is 31.0. The number of anilines is 2. The molecule has 2 aliphatic rings. The monoisotopic (exact) mass is 663 g/mol. The van der Waals surface area contributed by atoms with Crippen molar-refractivity contribution in [3.8, 4) is 0 Å². The Hall–Kier alpha value is -4.09. The van der Waals surface area contributed by atoms with Crippen molar-refractivity contribution in [2.45, 2.75) is 18.1 Å². The van der Waals surface area contributed by atoms with Gasteiger partial charge in [-0.1, -0.05) is 15.9 Å². The first-order valence-corrected chi connectivity index (χ1v) is 13.1. The summed E-state index contributed by atoms with van der Waals surface area (Å²) >= 11 is 3.05. The fourth-order valence-corrected chi connectivity index (χ4v) is 5.08. The molecular formula is C24H23BrF5N7O5. The number of nitrogens with one attached hydrogen (secondary N) is 2. The minimum Gasteiger partial charge on any atom is -0.387 e. The largest absolute Gasteiger partial charge is 0.406 e. The Morgan fingerprint density at radius 1 is 1.17 bits per heavy atom. The van der Waals surface area contributed by atoms with Crippen LogP contribution < -0.4 is 10.6 Å². The average molecular weight is 664 g/mol. The lowest BCUT2D eigenvalue weighted by Crippen LogP contribution is -2.54. The van der Waals surface area contributed by atoms with Gasteiger partial charge in [0.1, 0.15) is 24.8 Å². The summed E-state index contributed by atoms with van der Waals surface area (Å²) < 4.78 is 68.7. The number of carbonyl (C=O) groups excluding carboxylic acids is 3. The Labute approximate surface area is 243 Å². The van der Waals surface area contributed by atoms with Crippen molar-refractivity contribution in [3.05, 3.63) is 56.3 Å². The topological polar surface area (TPSA) is 141 Å². The highest BCUT2D eigenvalue weighted by atomic mass is 79.9. The molecule has 1 aromatic carbocycles. The number of hydrogen-bond acceptors (Lipinski definition) is 8. The summed E-state index contributed by atoms with van der Waals surface area (Å²) in [5.41, 5.74) is -1.30. The van der Waals surface area contributed by atoms with E-state index < -0.39 is 90.4 Å². The second-order valence-corrected chi connectivity index (χ2v) is 10.5. The molecule has 3 heterocycles. The Kier molecular flexibility index (Phi) is 8.56. The van der Waals surface area contributed by atoms with Crippen molar-refractivity contribution in [1.82, 2.24) is 19.7 Å². The van der Waals surface area contributed by atoms with E-state index in [-0.39, 0.29) is 16.6 Å². The average Bonchev–Trinajstić information content (AvgIpc) is 3.22. The van der Waals surface area contributed by atoms with E-state index in [4.69, 9.17) is 0 Å². The number of nitro groups is 1. The third-order valence-corrected chi connectivity index (χ3v) is 7.14. The second kappa shape index (κ2) is 11.7. The van der Waals surface area contributed by atoms with Crippen LogP contribution >= 0.6 is 15.9 Å². The van der Waals surface area contributed by atoms with Crippen LogP contribution in [-0.4, -0.2) is 107 Å². The summed E-state index contributed by atoms with van der Waals surface area (Å²) in [6.45, 7) is -4.67. The summed E-state index contributed by atoms with van der Waals surface area (Å²) in [6, 6.07) is 1.66. The Bertz CT molecular complexity index is 1430. The van der Waals surface area contributed by atoms with E-state index in [1.807, 2.05) is 0 Å². The van der Waals surface area contributed by atoms with E-state index in [0.29, 0.717) is 10.6 Å². The van der Waals surface area contributed by atoms with Crippen LogP contribution in [0, 0.1) is 10.1 Å². The molecule has 0 unspecified atom stereocenters. The van der Waals surface area contributed by atoms with Gasteiger partial charge in [0.05, 0.1) is 28.3 Å². The van der Waals surface area contributed by atoms with Gasteiger partial charge >= 0.3 is 6.18 Å². The quantitative estimate of drug-likeness (QED) is 0.261. The number of hydrogen-bond donors (Lipinski definition) is 2. The predicted octanol–water partition coefficient (Wildman–Crippen LogP) is 3.21. The standard InChI is InChI=1S/C24H23BrF5N7O5/c1-31-15-4-13(7-32-8-15)21(39)36-9-18(23(26,27)11-36)33-20-16(5-14(25)6-17(20)37(41)42)22(40)34-2-3-35(19(38)10-34)12-24(28,29)30/h4-8,18,31,33H,2-3,9-12H2,1H3/t18-/m0/s1. The molecule has 3 amide bonds. The van der Waals surface area contributed by atoms with Crippen molar-refractivity contribution in [2.24, 2.45) is 0 Å². The molecule has 226 valence electrons. The van der Waals surface area contributed by atoms with Gasteiger partial charge in [0.2, 0.25) is 5.91 Å². The van der Waals surface area contributed by atoms with Gasteiger partial charge in [0.25, 0.3) is 23.4 Å². The van der Waals surface area contributed by atoms with Gasteiger partial charge in [-0.2, -0.15) is 13.2 Å². The van der Waals surface area contributed by atoms with E-state index in [1.165, 1.54) is 18.5 Å². The number of rotatable bonds is 7. The number of benzene rings is 1. The van der Waals surface area contributed by atoms with Crippen LogP contribution in [0.25, 0.3) is 0 Å². The highest BCUT2D eigenvalue weighted by Gasteiger charge is 2.51. The van der Waals surface area contributed by atoms with Gasteiger partial charge in [-0.15, -0.1) is 0 Å². The van der Waals surface area contributed by atoms with Gasteiger partial charge < -0.3 is 25.3 Å². The highest BCUT2D eigenvalue weighted by molar-refractivity contribution is 9.10. The maximum atomic E-state index is 15.2. The molecule has 1 aromatic heterocycles. The fraction of sp³-hybridized carbons (Fsp3) is 0.417. The number of piperazine rings is 1. The van der Waals surface area contributed by atoms with Gasteiger partial charge in [-0.25, -0.2) is 8.78 Å². The van der Waals surface area contributed by atoms with Crippen LogP contribution in [0.4, 0.5) is 39.0 Å². The normalized spacial score (nSPS) is 18.7. The van der Waals surface area contributed by atoms with Crippen LogP contribution in [-0.2, 0) is 4.79 Å². The summed E-state index contributed by atoms with van der Waals surface area (Å²) in [4.78, 5) is 55.9. The molecule has 0 spiro atoms. The molecule has 2 saturated heterocycles. The van der Waals surface area contributed by atoms with Gasteiger partial charge in [-0.05, 0) is 12.1 Å². The van der Waals surface area contributed by atoms with Gasteiger partial charge in [-0.3, -0.25) is 29.5 Å². The van der Waals surface area contributed by atoms with Crippen molar-refractivity contribution in [3.63, 3.8) is 0 Å². The summed E-state index contributed by atoms with van der Waals surface area (Å²) in [7, 11) is 1.58. The molecule has 2 aliphatic heterocycles. The van der Waals surface area contributed by atoms with Crippen molar-refractivity contribution >= 4 is 50.7 Å². The summed E-state index contributed by atoms with van der Waals surface area (Å²) in [5.74, 6) is -6.35. The maximum absolute atomic E-state index is 15.2. The number of alkyl halides is 5. The number of nitrogens with zero attached hydrogens (tertiary/aromatic N) is 5. The molecule has 12 nitrogen and oxygen atoms in total. The van der Waals surface area contributed by atoms with Gasteiger partial charge in [0.15, 0.2) is 0 Å². The number of nitro benzene ring substituents is 1. The minimum atomic E-state index is -4.65. The lowest BCUT2D eigenvalue weighted by molar-refractivity contribution is -0.384. The summed E-state index contributed by atoms with van der Waals surface area (Å²) in [6.07, 6.45) is -2.03.